The van der Waals surface area contributed by atoms with Crippen LogP contribution in [-0.4, -0.2) is 32.3 Å². The average Bonchev–Trinajstić information content (AvgIpc) is 2.96. The standard InChI is InChI=1S/C15H20FN3OS/c1-19(9-13-10-21-11-18-13)15-12(4-3-5-14(15)16)8-17-6-7-20-2/h3-5,10-11,17H,6-9H2,1-2H3. The minimum atomic E-state index is -0.209. The summed E-state index contributed by atoms with van der Waals surface area (Å²) in [6, 6.07) is 5.17. The Bertz CT molecular complexity index is 548. The molecule has 0 saturated heterocycles. The Morgan fingerprint density at radius 2 is 2.29 bits per heavy atom. The number of hydrogen-bond donors (Lipinski definition) is 1. The van der Waals surface area contributed by atoms with Crippen LogP contribution in [0, 0.1) is 5.82 Å². The number of aromatic nitrogens is 1. The molecule has 4 nitrogen and oxygen atoms in total. The zero-order valence-corrected chi connectivity index (χ0v) is 13.1. The Labute approximate surface area is 128 Å². The molecule has 1 aromatic heterocycles. The van der Waals surface area contributed by atoms with Gasteiger partial charge in [-0.15, -0.1) is 11.3 Å². The summed E-state index contributed by atoms with van der Waals surface area (Å²) in [7, 11) is 3.55. The monoisotopic (exact) mass is 309 g/mol. The van der Waals surface area contributed by atoms with E-state index in [2.05, 4.69) is 10.3 Å². The molecular weight excluding hydrogens is 289 g/mol. The number of nitrogens with zero attached hydrogens (tertiary/aromatic N) is 2. The fraction of sp³-hybridized carbons (Fsp3) is 0.400. The third kappa shape index (κ3) is 4.49. The lowest BCUT2D eigenvalue weighted by atomic mass is 10.1. The maximum atomic E-state index is 14.2. The normalized spacial score (nSPS) is 10.8. The quantitative estimate of drug-likeness (QED) is 0.761. The summed E-state index contributed by atoms with van der Waals surface area (Å²) in [5, 5.41) is 5.23. The van der Waals surface area contributed by atoms with Gasteiger partial charge in [0.2, 0.25) is 0 Å². The first-order valence-electron chi connectivity index (χ1n) is 6.77. The van der Waals surface area contributed by atoms with Gasteiger partial charge in [-0.05, 0) is 11.6 Å². The lowest BCUT2D eigenvalue weighted by Crippen LogP contribution is -2.23. The minimum absolute atomic E-state index is 0.209. The van der Waals surface area contributed by atoms with Crippen molar-refractivity contribution in [3.63, 3.8) is 0 Å². The molecule has 0 saturated carbocycles. The van der Waals surface area contributed by atoms with Crippen LogP contribution >= 0.6 is 11.3 Å². The molecule has 0 radical (unpaired) electrons. The molecule has 0 amide bonds. The number of para-hydroxylation sites is 1. The molecule has 2 rings (SSSR count). The number of hydrogen-bond acceptors (Lipinski definition) is 5. The van der Waals surface area contributed by atoms with Gasteiger partial charge in [-0.25, -0.2) is 9.37 Å². The topological polar surface area (TPSA) is 37.4 Å². The second-order valence-corrected chi connectivity index (χ2v) is 5.47. The molecule has 21 heavy (non-hydrogen) atoms. The summed E-state index contributed by atoms with van der Waals surface area (Å²) < 4.78 is 19.2. The van der Waals surface area contributed by atoms with E-state index in [4.69, 9.17) is 4.74 Å². The molecule has 0 aliphatic rings. The molecular formula is C15H20FN3OS. The van der Waals surface area contributed by atoms with Crippen molar-refractivity contribution >= 4 is 17.0 Å². The maximum Gasteiger partial charge on any atom is 0.146 e. The molecule has 6 heteroatoms. The molecule has 1 N–H and O–H groups in total. The Hall–Kier alpha value is -1.50. The molecule has 0 unspecified atom stereocenters. The maximum absolute atomic E-state index is 14.2. The number of ether oxygens (including phenoxy) is 1. The Balaban J connectivity index is 2.09. The predicted octanol–water partition coefficient (Wildman–Crippen LogP) is 2.65. The zero-order valence-electron chi connectivity index (χ0n) is 12.3. The zero-order chi connectivity index (χ0) is 15.1. The van der Waals surface area contributed by atoms with E-state index in [9.17, 15) is 4.39 Å². The first-order chi connectivity index (χ1) is 10.2. The first kappa shape index (κ1) is 15.9. The van der Waals surface area contributed by atoms with Crippen molar-refractivity contribution in [3.05, 3.63) is 46.2 Å². The summed E-state index contributed by atoms with van der Waals surface area (Å²) in [5.41, 5.74) is 4.29. The molecule has 0 fully saturated rings. The Morgan fingerprint density at radius 1 is 1.43 bits per heavy atom. The molecule has 2 aromatic rings. The van der Waals surface area contributed by atoms with Gasteiger partial charge in [-0.2, -0.15) is 0 Å². The van der Waals surface area contributed by atoms with E-state index >= 15 is 0 Å². The van der Waals surface area contributed by atoms with Crippen molar-refractivity contribution in [2.45, 2.75) is 13.1 Å². The van der Waals surface area contributed by atoms with E-state index in [0.29, 0.717) is 25.4 Å². The number of rotatable bonds is 8. The molecule has 0 spiro atoms. The summed E-state index contributed by atoms with van der Waals surface area (Å²) in [6.45, 7) is 2.58. The predicted molar refractivity (Wildman–Crippen MR) is 84.2 cm³/mol. The van der Waals surface area contributed by atoms with Crippen LogP contribution in [0.5, 0.6) is 0 Å². The minimum Gasteiger partial charge on any atom is -0.383 e. The lowest BCUT2D eigenvalue weighted by molar-refractivity contribution is 0.199. The van der Waals surface area contributed by atoms with Crippen molar-refractivity contribution in [2.75, 3.05) is 32.2 Å². The fourth-order valence-electron chi connectivity index (χ4n) is 2.17. The third-order valence-corrected chi connectivity index (χ3v) is 3.77. The Kier molecular flexibility index (Phi) is 6.10. The molecule has 0 aliphatic heterocycles. The fourth-order valence-corrected chi connectivity index (χ4v) is 2.71. The molecule has 0 aliphatic carbocycles. The number of methoxy groups -OCH3 is 1. The highest BCUT2D eigenvalue weighted by molar-refractivity contribution is 7.07. The summed E-state index contributed by atoms with van der Waals surface area (Å²) in [6.07, 6.45) is 0. The highest BCUT2D eigenvalue weighted by Gasteiger charge is 2.13. The van der Waals surface area contributed by atoms with Gasteiger partial charge in [0.15, 0.2) is 0 Å². The van der Waals surface area contributed by atoms with Crippen LogP contribution < -0.4 is 10.2 Å². The van der Waals surface area contributed by atoms with Crippen LogP contribution in [0.3, 0.4) is 0 Å². The van der Waals surface area contributed by atoms with Crippen LogP contribution in [0.2, 0.25) is 0 Å². The van der Waals surface area contributed by atoms with Gasteiger partial charge < -0.3 is 15.0 Å². The largest absolute Gasteiger partial charge is 0.383 e. The number of anilines is 1. The second kappa shape index (κ2) is 8.07. The van der Waals surface area contributed by atoms with Crippen molar-refractivity contribution in [3.8, 4) is 0 Å². The van der Waals surface area contributed by atoms with Gasteiger partial charge in [0.25, 0.3) is 0 Å². The number of nitrogens with one attached hydrogen (secondary N) is 1. The summed E-state index contributed by atoms with van der Waals surface area (Å²) in [4.78, 5) is 6.15. The molecule has 0 atom stereocenters. The highest BCUT2D eigenvalue weighted by Crippen LogP contribution is 2.25. The van der Waals surface area contributed by atoms with E-state index in [-0.39, 0.29) is 5.82 Å². The lowest BCUT2D eigenvalue weighted by Gasteiger charge is -2.22. The second-order valence-electron chi connectivity index (χ2n) is 4.75. The van der Waals surface area contributed by atoms with Crippen LogP contribution in [0.25, 0.3) is 0 Å². The van der Waals surface area contributed by atoms with Crippen molar-refractivity contribution in [1.82, 2.24) is 10.3 Å². The van der Waals surface area contributed by atoms with E-state index in [1.807, 2.05) is 23.4 Å². The van der Waals surface area contributed by atoms with Crippen LogP contribution in [0.4, 0.5) is 10.1 Å². The highest BCUT2D eigenvalue weighted by atomic mass is 32.1. The van der Waals surface area contributed by atoms with Crippen molar-refractivity contribution < 1.29 is 9.13 Å². The van der Waals surface area contributed by atoms with Crippen molar-refractivity contribution in [1.29, 1.82) is 0 Å². The number of thiazole rings is 1. The first-order valence-corrected chi connectivity index (χ1v) is 7.72. The van der Waals surface area contributed by atoms with Gasteiger partial charge in [-0.1, -0.05) is 12.1 Å². The third-order valence-electron chi connectivity index (χ3n) is 3.13. The van der Waals surface area contributed by atoms with E-state index < -0.39 is 0 Å². The van der Waals surface area contributed by atoms with Crippen LogP contribution in [-0.2, 0) is 17.8 Å². The molecule has 114 valence electrons. The van der Waals surface area contributed by atoms with Gasteiger partial charge >= 0.3 is 0 Å². The van der Waals surface area contributed by atoms with Gasteiger partial charge in [0.1, 0.15) is 5.82 Å². The van der Waals surface area contributed by atoms with Crippen molar-refractivity contribution in [2.24, 2.45) is 0 Å². The summed E-state index contributed by atoms with van der Waals surface area (Å²) in [5.74, 6) is -0.209. The molecule has 1 heterocycles. The van der Waals surface area contributed by atoms with E-state index in [1.54, 1.807) is 30.0 Å². The Morgan fingerprint density at radius 3 is 3.00 bits per heavy atom. The molecule has 0 bridgehead atoms. The summed E-state index contributed by atoms with van der Waals surface area (Å²) >= 11 is 1.55. The van der Waals surface area contributed by atoms with E-state index in [0.717, 1.165) is 17.8 Å². The van der Waals surface area contributed by atoms with Gasteiger partial charge in [0.05, 0.1) is 30.0 Å². The van der Waals surface area contributed by atoms with E-state index in [1.165, 1.54) is 6.07 Å². The number of halogens is 1. The van der Waals surface area contributed by atoms with Crippen LogP contribution in [0.15, 0.2) is 29.1 Å². The average molecular weight is 309 g/mol. The van der Waals surface area contributed by atoms with Gasteiger partial charge in [-0.3, -0.25) is 0 Å². The van der Waals surface area contributed by atoms with Crippen LogP contribution in [0.1, 0.15) is 11.3 Å². The smallest absolute Gasteiger partial charge is 0.146 e. The number of benzene rings is 1. The molecule has 1 aromatic carbocycles. The van der Waals surface area contributed by atoms with Gasteiger partial charge in [0, 0.05) is 32.6 Å². The SMILES string of the molecule is COCCNCc1cccc(F)c1N(C)Cc1cscn1.